The zero-order chi connectivity index (χ0) is 17.5. The lowest BCUT2D eigenvalue weighted by Gasteiger charge is -2.09. The number of urea groups is 1. The molecule has 6 heteroatoms. The van der Waals surface area contributed by atoms with Crippen LogP contribution in [0.15, 0.2) is 42.5 Å². The van der Waals surface area contributed by atoms with E-state index < -0.39 is 0 Å². The fourth-order valence-corrected chi connectivity index (χ4v) is 2.63. The van der Waals surface area contributed by atoms with Crippen LogP contribution in [0.5, 0.6) is 17.2 Å². The Morgan fingerprint density at radius 2 is 1.72 bits per heavy atom. The fourth-order valence-electron chi connectivity index (χ4n) is 2.63. The third kappa shape index (κ3) is 4.79. The molecule has 0 fully saturated rings. The van der Waals surface area contributed by atoms with Crippen LogP contribution in [0, 0.1) is 0 Å². The molecule has 2 N–H and O–H groups in total. The molecule has 2 aromatic carbocycles. The van der Waals surface area contributed by atoms with Crippen LogP contribution in [0.2, 0.25) is 0 Å². The van der Waals surface area contributed by atoms with Crippen molar-refractivity contribution in [2.45, 2.75) is 12.8 Å². The van der Waals surface area contributed by atoms with Gasteiger partial charge < -0.3 is 24.8 Å². The number of benzene rings is 2. The number of nitrogens with one attached hydrogen (secondary N) is 2. The van der Waals surface area contributed by atoms with Crippen molar-refractivity contribution in [1.82, 2.24) is 10.6 Å². The maximum absolute atomic E-state index is 11.8. The zero-order valence-electron chi connectivity index (χ0n) is 14.2. The molecule has 0 spiro atoms. The van der Waals surface area contributed by atoms with Crippen molar-refractivity contribution in [3.63, 3.8) is 0 Å². The van der Waals surface area contributed by atoms with Crippen LogP contribution in [-0.2, 0) is 12.8 Å². The molecule has 3 rings (SSSR count). The van der Waals surface area contributed by atoms with E-state index in [0.717, 1.165) is 41.2 Å². The van der Waals surface area contributed by atoms with Crippen molar-refractivity contribution in [3.8, 4) is 17.2 Å². The number of ether oxygens (including phenoxy) is 3. The molecule has 25 heavy (non-hydrogen) atoms. The second-order valence-electron chi connectivity index (χ2n) is 5.72. The fraction of sp³-hybridized carbons (Fsp3) is 0.316. The molecule has 0 radical (unpaired) electrons. The van der Waals surface area contributed by atoms with Crippen molar-refractivity contribution in [2.75, 3.05) is 27.0 Å². The van der Waals surface area contributed by atoms with Gasteiger partial charge in [-0.05, 0) is 48.2 Å². The molecule has 1 aliphatic heterocycles. The first-order valence-electron chi connectivity index (χ1n) is 8.28. The van der Waals surface area contributed by atoms with E-state index in [-0.39, 0.29) is 12.8 Å². The van der Waals surface area contributed by atoms with Gasteiger partial charge in [0.1, 0.15) is 5.75 Å². The van der Waals surface area contributed by atoms with Crippen molar-refractivity contribution in [2.24, 2.45) is 0 Å². The number of carbonyl (C=O) groups excluding carboxylic acids is 1. The normalized spacial score (nSPS) is 11.9. The van der Waals surface area contributed by atoms with Crippen LogP contribution < -0.4 is 24.8 Å². The van der Waals surface area contributed by atoms with Crippen molar-refractivity contribution in [3.05, 3.63) is 53.6 Å². The number of hydrogen-bond acceptors (Lipinski definition) is 4. The van der Waals surface area contributed by atoms with Gasteiger partial charge in [0, 0.05) is 13.1 Å². The van der Waals surface area contributed by atoms with E-state index in [2.05, 4.69) is 10.6 Å². The number of hydrogen-bond donors (Lipinski definition) is 2. The van der Waals surface area contributed by atoms with E-state index in [0.29, 0.717) is 13.1 Å². The average molecular weight is 342 g/mol. The highest BCUT2D eigenvalue weighted by Crippen LogP contribution is 2.32. The Balaban J connectivity index is 1.35. The lowest BCUT2D eigenvalue weighted by molar-refractivity contribution is 0.174. The smallest absolute Gasteiger partial charge is 0.314 e. The third-order valence-electron chi connectivity index (χ3n) is 3.97. The monoisotopic (exact) mass is 342 g/mol. The van der Waals surface area contributed by atoms with E-state index in [4.69, 9.17) is 14.2 Å². The van der Waals surface area contributed by atoms with Gasteiger partial charge in [0.2, 0.25) is 6.79 Å². The van der Waals surface area contributed by atoms with Crippen molar-refractivity contribution in [1.29, 1.82) is 0 Å². The quantitative estimate of drug-likeness (QED) is 0.811. The summed E-state index contributed by atoms with van der Waals surface area (Å²) in [6.07, 6.45) is 1.49. The molecular weight excluding hydrogens is 320 g/mol. The largest absolute Gasteiger partial charge is 0.497 e. The maximum atomic E-state index is 11.8. The van der Waals surface area contributed by atoms with Gasteiger partial charge in [0.25, 0.3) is 0 Å². The zero-order valence-corrected chi connectivity index (χ0v) is 14.2. The average Bonchev–Trinajstić information content (AvgIpc) is 3.10. The first-order chi connectivity index (χ1) is 12.2. The summed E-state index contributed by atoms with van der Waals surface area (Å²) >= 11 is 0. The van der Waals surface area contributed by atoms with E-state index in [9.17, 15) is 4.79 Å². The maximum Gasteiger partial charge on any atom is 0.314 e. The summed E-state index contributed by atoms with van der Waals surface area (Å²) in [7, 11) is 1.64. The summed E-state index contributed by atoms with van der Waals surface area (Å²) in [5, 5.41) is 5.72. The Labute approximate surface area is 147 Å². The molecule has 6 nitrogen and oxygen atoms in total. The molecule has 0 aliphatic carbocycles. The molecule has 0 unspecified atom stereocenters. The highest BCUT2D eigenvalue weighted by molar-refractivity contribution is 5.73. The molecule has 2 amide bonds. The van der Waals surface area contributed by atoms with Gasteiger partial charge in [-0.1, -0.05) is 18.2 Å². The van der Waals surface area contributed by atoms with Crippen LogP contribution in [0.3, 0.4) is 0 Å². The molecule has 132 valence electrons. The topological polar surface area (TPSA) is 68.8 Å². The Kier molecular flexibility index (Phi) is 5.61. The summed E-state index contributed by atoms with van der Waals surface area (Å²) < 4.78 is 15.8. The summed E-state index contributed by atoms with van der Waals surface area (Å²) in [6.45, 7) is 1.40. The van der Waals surface area contributed by atoms with Gasteiger partial charge in [-0.25, -0.2) is 4.79 Å². The van der Waals surface area contributed by atoms with E-state index in [1.807, 2.05) is 42.5 Å². The minimum Gasteiger partial charge on any atom is -0.497 e. The standard InChI is InChI=1S/C19H22N2O4/c1-23-16-4-2-3-14(11-16)7-9-20-19(22)21-10-8-15-5-6-17-18(12-15)25-13-24-17/h2-6,11-12H,7-10,13H2,1H3,(H2,20,21,22). The second-order valence-corrected chi connectivity index (χ2v) is 5.72. The van der Waals surface area contributed by atoms with E-state index >= 15 is 0 Å². The molecule has 1 heterocycles. The van der Waals surface area contributed by atoms with Gasteiger partial charge in [0.15, 0.2) is 11.5 Å². The van der Waals surface area contributed by atoms with Gasteiger partial charge in [-0.2, -0.15) is 0 Å². The first-order valence-corrected chi connectivity index (χ1v) is 8.28. The Bertz CT molecular complexity index is 733. The summed E-state index contributed by atoms with van der Waals surface area (Å²) in [6, 6.07) is 13.5. The highest BCUT2D eigenvalue weighted by Gasteiger charge is 2.13. The highest BCUT2D eigenvalue weighted by atomic mass is 16.7. The minimum absolute atomic E-state index is 0.163. The van der Waals surface area contributed by atoms with Gasteiger partial charge >= 0.3 is 6.03 Å². The van der Waals surface area contributed by atoms with Crippen molar-refractivity contribution < 1.29 is 19.0 Å². The number of amides is 2. The second kappa shape index (κ2) is 8.28. The Morgan fingerprint density at radius 1 is 1.00 bits per heavy atom. The molecule has 0 saturated carbocycles. The van der Waals surface area contributed by atoms with Crippen LogP contribution in [0.25, 0.3) is 0 Å². The predicted molar refractivity (Wildman–Crippen MR) is 94.4 cm³/mol. The SMILES string of the molecule is COc1cccc(CCNC(=O)NCCc2ccc3c(c2)OCO3)c1. The minimum atomic E-state index is -0.163. The van der Waals surface area contributed by atoms with E-state index in [1.165, 1.54) is 0 Å². The number of fused-ring (bicyclic) bond motifs is 1. The van der Waals surface area contributed by atoms with Gasteiger partial charge in [-0.15, -0.1) is 0 Å². The van der Waals surface area contributed by atoms with E-state index in [1.54, 1.807) is 7.11 Å². The number of methoxy groups -OCH3 is 1. The van der Waals surface area contributed by atoms with Gasteiger partial charge in [-0.3, -0.25) is 0 Å². The lowest BCUT2D eigenvalue weighted by atomic mass is 10.1. The first kappa shape index (κ1) is 17.0. The summed E-state index contributed by atoms with van der Waals surface area (Å²) in [4.78, 5) is 11.8. The predicted octanol–water partition coefficient (Wildman–Crippen LogP) is 2.51. The van der Waals surface area contributed by atoms with Crippen molar-refractivity contribution >= 4 is 6.03 Å². The lowest BCUT2D eigenvalue weighted by Crippen LogP contribution is -2.37. The molecule has 2 aromatic rings. The van der Waals surface area contributed by atoms with Crippen LogP contribution in [0.4, 0.5) is 4.79 Å². The molecule has 0 bridgehead atoms. The van der Waals surface area contributed by atoms with Crippen LogP contribution in [0.1, 0.15) is 11.1 Å². The van der Waals surface area contributed by atoms with Gasteiger partial charge in [0.05, 0.1) is 7.11 Å². The summed E-state index contributed by atoms with van der Waals surface area (Å²) in [5.74, 6) is 2.36. The number of carbonyl (C=O) groups is 1. The Hall–Kier alpha value is -2.89. The Morgan fingerprint density at radius 3 is 2.48 bits per heavy atom. The molecule has 0 atom stereocenters. The molecule has 0 aromatic heterocycles. The summed E-state index contributed by atoms with van der Waals surface area (Å²) in [5.41, 5.74) is 2.22. The molecule has 0 saturated heterocycles. The van der Waals surface area contributed by atoms with Crippen LogP contribution >= 0.6 is 0 Å². The van der Waals surface area contributed by atoms with Crippen LogP contribution in [-0.4, -0.2) is 33.0 Å². The third-order valence-corrected chi connectivity index (χ3v) is 3.97. The number of rotatable bonds is 7. The molecule has 1 aliphatic rings. The molecular formula is C19H22N2O4.